The fourth-order valence-electron chi connectivity index (χ4n) is 1.94. The number of aromatic nitrogens is 2. The summed E-state index contributed by atoms with van der Waals surface area (Å²) in [5, 5.41) is 2.29. The largest absolute Gasteiger partial charge is 0.468 e. The average Bonchev–Trinajstić information content (AvgIpc) is 2.48. The van der Waals surface area contributed by atoms with Gasteiger partial charge in [-0.3, -0.25) is 9.59 Å². The average molecular weight is 336 g/mol. The van der Waals surface area contributed by atoms with Gasteiger partial charge >= 0.3 is 12.1 Å². The van der Waals surface area contributed by atoms with Crippen molar-refractivity contribution in [3.8, 4) is 0 Å². The number of fused-ring (bicyclic) bond motifs is 1. The fraction of sp³-hybridized carbons (Fsp3) is 0.308. The fourth-order valence-corrected chi connectivity index (χ4v) is 1.94. The molecule has 0 radical (unpaired) electrons. The van der Waals surface area contributed by atoms with E-state index in [-0.39, 0.29) is 0 Å². The van der Waals surface area contributed by atoms with E-state index in [9.17, 15) is 31.5 Å². The first-order valence-electron chi connectivity index (χ1n) is 6.12. The summed E-state index contributed by atoms with van der Waals surface area (Å²) in [5.41, 5.74) is -3.17. The Bertz CT molecular complexity index is 814. The van der Waals surface area contributed by atoms with Crippen LogP contribution < -0.4 is 5.56 Å². The van der Waals surface area contributed by atoms with Crippen molar-refractivity contribution in [2.24, 2.45) is 0 Å². The molecule has 2 aromatic rings. The molecule has 0 N–H and O–H groups in total. The van der Waals surface area contributed by atoms with Crippen LogP contribution in [0, 0.1) is 0 Å². The van der Waals surface area contributed by atoms with Gasteiger partial charge in [-0.25, -0.2) is 13.5 Å². The van der Waals surface area contributed by atoms with Gasteiger partial charge in [0, 0.05) is 5.39 Å². The van der Waals surface area contributed by atoms with Gasteiger partial charge in [0.05, 0.1) is 18.1 Å². The molecular formula is C13H9F5N2O3. The Labute approximate surface area is 125 Å². The molecular weight excluding hydrogens is 327 g/mol. The molecule has 0 atom stereocenters. The minimum absolute atomic E-state index is 0.396. The van der Waals surface area contributed by atoms with Crippen molar-refractivity contribution in [2.75, 3.05) is 7.11 Å². The quantitative estimate of drug-likeness (QED) is 0.638. The molecule has 0 bridgehead atoms. The minimum Gasteiger partial charge on any atom is -0.468 e. The summed E-state index contributed by atoms with van der Waals surface area (Å²) in [6.07, 6.45) is -7.99. The molecule has 124 valence electrons. The molecule has 2 rings (SSSR count). The van der Waals surface area contributed by atoms with E-state index >= 15 is 0 Å². The van der Waals surface area contributed by atoms with Crippen LogP contribution in [0.15, 0.2) is 23.0 Å². The number of carbonyl (C=O) groups is 1. The second-order valence-corrected chi connectivity index (χ2v) is 4.48. The van der Waals surface area contributed by atoms with Crippen molar-refractivity contribution in [2.45, 2.75) is 19.1 Å². The van der Waals surface area contributed by atoms with E-state index in [0.29, 0.717) is 16.8 Å². The van der Waals surface area contributed by atoms with E-state index in [1.54, 1.807) is 0 Å². The Morgan fingerprint density at radius 3 is 2.48 bits per heavy atom. The summed E-state index contributed by atoms with van der Waals surface area (Å²) in [6, 6.07) is 1.82. The number of methoxy groups -OCH3 is 1. The predicted octanol–water partition coefficient (Wildman–Crippen LogP) is 2.53. The van der Waals surface area contributed by atoms with Gasteiger partial charge < -0.3 is 4.74 Å². The van der Waals surface area contributed by atoms with Gasteiger partial charge in [-0.1, -0.05) is 0 Å². The molecule has 0 fully saturated rings. The summed E-state index contributed by atoms with van der Waals surface area (Å²) >= 11 is 0. The van der Waals surface area contributed by atoms with E-state index in [4.69, 9.17) is 0 Å². The standard InChI is InChI=1S/C13H9F5N2O3/c1-23-9(21)5-20-12(22)7-3-2-6(13(16,17)18)4-8(7)10(19-20)11(14)15/h2-4,11H,5H2,1H3. The Balaban J connectivity index is 2.75. The number of esters is 1. The summed E-state index contributed by atoms with van der Waals surface area (Å²) < 4.78 is 69.0. The first kappa shape index (κ1) is 16.8. The van der Waals surface area contributed by atoms with Crippen LogP contribution in [0.25, 0.3) is 10.8 Å². The van der Waals surface area contributed by atoms with Crippen LogP contribution in [-0.2, 0) is 22.3 Å². The first-order valence-corrected chi connectivity index (χ1v) is 6.12. The zero-order valence-electron chi connectivity index (χ0n) is 11.5. The third-order valence-electron chi connectivity index (χ3n) is 3.03. The number of nitrogens with zero attached hydrogens (tertiary/aromatic N) is 2. The normalized spacial score (nSPS) is 12.0. The highest BCUT2D eigenvalue weighted by molar-refractivity contribution is 5.85. The summed E-state index contributed by atoms with van der Waals surface area (Å²) in [5.74, 6) is -0.911. The van der Waals surface area contributed by atoms with Crippen molar-refractivity contribution in [1.82, 2.24) is 9.78 Å². The molecule has 0 aliphatic carbocycles. The van der Waals surface area contributed by atoms with Crippen LogP contribution in [0.3, 0.4) is 0 Å². The molecule has 0 unspecified atom stereocenters. The molecule has 23 heavy (non-hydrogen) atoms. The van der Waals surface area contributed by atoms with Crippen LogP contribution in [0.5, 0.6) is 0 Å². The molecule has 0 aliphatic heterocycles. The Kier molecular flexibility index (Phi) is 4.35. The van der Waals surface area contributed by atoms with Crippen LogP contribution in [0.2, 0.25) is 0 Å². The number of halogens is 5. The number of hydrogen-bond acceptors (Lipinski definition) is 4. The summed E-state index contributed by atoms with van der Waals surface area (Å²) in [6.45, 7) is -0.730. The molecule has 1 heterocycles. The van der Waals surface area contributed by atoms with Gasteiger partial charge in [-0.05, 0) is 18.2 Å². The van der Waals surface area contributed by atoms with Gasteiger partial charge in [0.15, 0.2) is 0 Å². The van der Waals surface area contributed by atoms with Crippen LogP contribution in [-0.4, -0.2) is 22.9 Å². The van der Waals surface area contributed by atoms with Gasteiger partial charge in [-0.15, -0.1) is 0 Å². The van der Waals surface area contributed by atoms with Crippen molar-refractivity contribution >= 4 is 16.7 Å². The van der Waals surface area contributed by atoms with Gasteiger partial charge in [0.25, 0.3) is 12.0 Å². The molecule has 10 heteroatoms. The SMILES string of the molecule is COC(=O)Cn1nc(C(F)F)c2cc(C(F)(F)F)ccc2c1=O. The molecule has 0 aliphatic rings. The topological polar surface area (TPSA) is 61.2 Å². The third kappa shape index (κ3) is 3.30. The number of hydrogen-bond donors (Lipinski definition) is 0. The highest BCUT2D eigenvalue weighted by Gasteiger charge is 2.31. The Morgan fingerprint density at radius 2 is 1.96 bits per heavy atom. The number of rotatable bonds is 3. The molecule has 0 amide bonds. The maximum Gasteiger partial charge on any atom is 0.416 e. The first-order chi connectivity index (χ1) is 10.6. The molecule has 1 aromatic carbocycles. The van der Waals surface area contributed by atoms with Gasteiger partial charge in [-0.2, -0.15) is 18.3 Å². The van der Waals surface area contributed by atoms with E-state index in [1.807, 2.05) is 0 Å². The number of ether oxygens (including phenoxy) is 1. The lowest BCUT2D eigenvalue weighted by atomic mass is 10.1. The van der Waals surface area contributed by atoms with E-state index in [2.05, 4.69) is 9.84 Å². The zero-order valence-corrected chi connectivity index (χ0v) is 11.5. The number of alkyl halides is 5. The molecule has 0 spiro atoms. The van der Waals surface area contributed by atoms with Gasteiger partial charge in [0.1, 0.15) is 12.2 Å². The van der Waals surface area contributed by atoms with E-state index in [1.165, 1.54) is 0 Å². The van der Waals surface area contributed by atoms with E-state index in [0.717, 1.165) is 13.2 Å². The lowest BCUT2D eigenvalue weighted by Crippen LogP contribution is -2.29. The van der Waals surface area contributed by atoms with Crippen molar-refractivity contribution in [3.05, 3.63) is 39.8 Å². The van der Waals surface area contributed by atoms with Crippen LogP contribution >= 0.6 is 0 Å². The van der Waals surface area contributed by atoms with Gasteiger partial charge in [0.2, 0.25) is 0 Å². The van der Waals surface area contributed by atoms with E-state index < -0.39 is 52.7 Å². The number of benzene rings is 1. The summed E-state index contributed by atoms with van der Waals surface area (Å²) in [4.78, 5) is 23.3. The molecule has 1 aromatic heterocycles. The van der Waals surface area contributed by atoms with Crippen molar-refractivity contribution in [1.29, 1.82) is 0 Å². The zero-order chi connectivity index (χ0) is 17.4. The monoisotopic (exact) mass is 336 g/mol. The van der Waals surface area contributed by atoms with Crippen LogP contribution in [0.1, 0.15) is 17.7 Å². The molecule has 0 saturated carbocycles. The molecule has 5 nitrogen and oxygen atoms in total. The predicted molar refractivity (Wildman–Crippen MR) is 68.0 cm³/mol. The maximum absolute atomic E-state index is 13.1. The third-order valence-corrected chi connectivity index (χ3v) is 3.03. The Hall–Kier alpha value is -2.52. The lowest BCUT2D eigenvalue weighted by molar-refractivity contribution is -0.141. The molecule has 0 saturated heterocycles. The number of carbonyl (C=O) groups excluding carboxylic acids is 1. The minimum atomic E-state index is -4.76. The highest BCUT2D eigenvalue weighted by Crippen LogP contribution is 2.33. The Morgan fingerprint density at radius 1 is 1.30 bits per heavy atom. The van der Waals surface area contributed by atoms with Crippen molar-refractivity contribution in [3.63, 3.8) is 0 Å². The highest BCUT2D eigenvalue weighted by atomic mass is 19.4. The second kappa shape index (κ2) is 5.94. The lowest BCUT2D eigenvalue weighted by Gasteiger charge is -2.12. The summed E-state index contributed by atoms with van der Waals surface area (Å²) in [7, 11) is 1.03. The second-order valence-electron chi connectivity index (χ2n) is 4.48. The van der Waals surface area contributed by atoms with Crippen LogP contribution in [0.4, 0.5) is 22.0 Å². The maximum atomic E-state index is 13.1. The van der Waals surface area contributed by atoms with Crippen molar-refractivity contribution < 1.29 is 31.5 Å². The smallest absolute Gasteiger partial charge is 0.416 e.